The number of carbonyl (C=O) groups excluding carboxylic acids is 2. The maximum Gasteiger partial charge on any atom is 0.267 e. The number of pyridine rings is 2. The van der Waals surface area contributed by atoms with E-state index in [2.05, 4.69) is 15.6 Å². The van der Waals surface area contributed by atoms with Gasteiger partial charge in [-0.2, -0.15) is 0 Å². The number of halogens is 1. The molecule has 10 heteroatoms. The number of nitrogens with zero attached hydrogens (tertiary/aromatic N) is 2. The van der Waals surface area contributed by atoms with E-state index in [1.165, 1.54) is 30.9 Å². The van der Waals surface area contributed by atoms with Crippen LogP contribution in [0, 0.1) is 0 Å². The highest BCUT2D eigenvalue weighted by Gasteiger charge is 2.31. The van der Waals surface area contributed by atoms with Gasteiger partial charge in [0.2, 0.25) is 0 Å². The predicted octanol–water partition coefficient (Wildman–Crippen LogP) is 1.64. The van der Waals surface area contributed by atoms with E-state index in [9.17, 15) is 23.9 Å². The van der Waals surface area contributed by atoms with Crippen LogP contribution in [-0.4, -0.2) is 46.7 Å². The number of nitrogens with one attached hydrogen (secondary N) is 2. The monoisotopic (exact) mass is 454 g/mol. The second kappa shape index (κ2) is 8.89. The fourth-order valence-electron chi connectivity index (χ4n) is 3.98. The Hall–Kier alpha value is -3.95. The first kappa shape index (κ1) is 22.3. The van der Waals surface area contributed by atoms with Gasteiger partial charge in [-0.05, 0) is 11.6 Å². The SMILES string of the molecule is CNC(=O)c1c(O)c2ncc(CC3=CC=C(F)CC=C3)c3c2n(c1=O)CCC(C(=O)NC)O3. The van der Waals surface area contributed by atoms with Gasteiger partial charge in [0.05, 0.1) is 0 Å². The lowest BCUT2D eigenvalue weighted by Crippen LogP contribution is -2.37. The normalized spacial score (nSPS) is 17.4. The molecule has 0 saturated carbocycles. The summed E-state index contributed by atoms with van der Waals surface area (Å²) in [5.74, 6) is -1.73. The number of likely N-dealkylation sites (N-methyl/N-ethyl adjacent to an activating group) is 1. The molecule has 172 valence electrons. The molecule has 3 N–H and O–H groups in total. The average molecular weight is 454 g/mol. The van der Waals surface area contributed by atoms with Gasteiger partial charge in [0.1, 0.15) is 22.4 Å². The van der Waals surface area contributed by atoms with Gasteiger partial charge in [0.25, 0.3) is 17.4 Å². The number of hydrogen-bond acceptors (Lipinski definition) is 6. The first-order chi connectivity index (χ1) is 15.8. The largest absolute Gasteiger partial charge is 0.505 e. The molecule has 2 aromatic rings. The molecule has 0 bridgehead atoms. The number of amides is 2. The summed E-state index contributed by atoms with van der Waals surface area (Å²) in [5, 5.41) is 15.6. The first-order valence-corrected chi connectivity index (χ1v) is 10.4. The number of ether oxygens (including phenoxy) is 1. The third-order valence-corrected chi connectivity index (χ3v) is 5.66. The first-order valence-electron chi connectivity index (χ1n) is 10.4. The molecular formula is C23H23FN4O5. The van der Waals surface area contributed by atoms with Gasteiger partial charge in [0, 0.05) is 51.7 Å². The smallest absolute Gasteiger partial charge is 0.267 e. The van der Waals surface area contributed by atoms with Crippen molar-refractivity contribution in [3.8, 4) is 11.5 Å². The molecule has 0 fully saturated rings. The highest BCUT2D eigenvalue weighted by atomic mass is 19.1. The number of hydrogen-bond donors (Lipinski definition) is 3. The summed E-state index contributed by atoms with van der Waals surface area (Å²) in [4.78, 5) is 42.2. The molecule has 1 aliphatic carbocycles. The van der Waals surface area contributed by atoms with Crippen LogP contribution in [0.25, 0.3) is 11.0 Å². The summed E-state index contributed by atoms with van der Waals surface area (Å²) in [7, 11) is 2.84. The highest BCUT2D eigenvalue weighted by Crippen LogP contribution is 2.37. The second-order valence-corrected chi connectivity index (χ2v) is 7.72. The quantitative estimate of drug-likeness (QED) is 0.646. The molecule has 33 heavy (non-hydrogen) atoms. The minimum atomic E-state index is -0.903. The summed E-state index contributed by atoms with van der Waals surface area (Å²) in [6.45, 7) is 0.0758. The van der Waals surface area contributed by atoms with Crippen molar-refractivity contribution in [1.29, 1.82) is 0 Å². The summed E-state index contributed by atoms with van der Waals surface area (Å²) in [6.07, 6.45) is 7.70. The molecule has 1 unspecified atom stereocenters. The molecular weight excluding hydrogens is 431 g/mol. The Morgan fingerprint density at radius 1 is 1.30 bits per heavy atom. The van der Waals surface area contributed by atoms with Crippen molar-refractivity contribution in [1.82, 2.24) is 20.2 Å². The summed E-state index contributed by atoms with van der Waals surface area (Å²) in [6, 6.07) is 0. The van der Waals surface area contributed by atoms with Crippen LogP contribution < -0.4 is 20.9 Å². The summed E-state index contributed by atoms with van der Waals surface area (Å²) >= 11 is 0. The van der Waals surface area contributed by atoms with Crippen molar-refractivity contribution in [3.05, 3.63) is 63.4 Å². The van der Waals surface area contributed by atoms with Crippen LogP contribution >= 0.6 is 0 Å². The van der Waals surface area contributed by atoms with Gasteiger partial charge in [-0.3, -0.25) is 19.4 Å². The van der Waals surface area contributed by atoms with Crippen LogP contribution in [0.4, 0.5) is 4.39 Å². The molecule has 0 radical (unpaired) electrons. The number of aryl methyl sites for hydroxylation is 1. The Kier molecular flexibility index (Phi) is 5.99. The van der Waals surface area contributed by atoms with Gasteiger partial charge in [-0.25, -0.2) is 4.39 Å². The molecule has 0 spiro atoms. The van der Waals surface area contributed by atoms with Crippen LogP contribution in [0.5, 0.6) is 11.5 Å². The maximum absolute atomic E-state index is 13.6. The molecule has 3 heterocycles. The molecule has 9 nitrogen and oxygen atoms in total. The molecule has 1 atom stereocenters. The van der Waals surface area contributed by atoms with Gasteiger partial charge < -0.3 is 25.0 Å². The topological polar surface area (TPSA) is 123 Å². The van der Waals surface area contributed by atoms with Gasteiger partial charge in [0.15, 0.2) is 17.6 Å². The summed E-state index contributed by atoms with van der Waals surface area (Å²) in [5.41, 5.74) is 0.397. The molecule has 2 aliphatic rings. The fourth-order valence-corrected chi connectivity index (χ4v) is 3.98. The number of aromatic hydroxyl groups is 1. The third kappa shape index (κ3) is 3.99. The van der Waals surface area contributed by atoms with Crippen molar-refractivity contribution < 1.29 is 23.8 Å². The van der Waals surface area contributed by atoms with Crippen molar-refractivity contribution >= 4 is 22.8 Å². The minimum Gasteiger partial charge on any atom is -0.505 e. The van der Waals surface area contributed by atoms with Crippen LogP contribution in [0.2, 0.25) is 0 Å². The Morgan fingerprint density at radius 2 is 2.09 bits per heavy atom. The van der Waals surface area contributed by atoms with Crippen LogP contribution in [0.15, 0.2) is 46.7 Å². The van der Waals surface area contributed by atoms with Crippen molar-refractivity contribution in [3.63, 3.8) is 0 Å². The van der Waals surface area contributed by atoms with E-state index in [4.69, 9.17) is 4.74 Å². The maximum atomic E-state index is 13.6. The van der Waals surface area contributed by atoms with E-state index in [0.717, 1.165) is 5.57 Å². The number of rotatable bonds is 4. The zero-order chi connectivity index (χ0) is 23.7. The summed E-state index contributed by atoms with van der Waals surface area (Å²) < 4.78 is 21.0. The Balaban J connectivity index is 1.96. The van der Waals surface area contributed by atoms with Gasteiger partial charge in [-0.15, -0.1) is 0 Å². The van der Waals surface area contributed by atoms with E-state index in [-0.39, 0.29) is 54.3 Å². The van der Waals surface area contributed by atoms with Crippen LogP contribution in [-0.2, 0) is 17.8 Å². The zero-order valence-corrected chi connectivity index (χ0v) is 18.1. The van der Waals surface area contributed by atoms with E-state index >= 15 is 0 Å². The van der Waals surface area contributed by atoms with E-state index < -0.39 is 28.9 Å². The second-order valence-electron chi connectivity index (χ2n) is 7.72. The molecule has 2 amide bonds. The lowest BCUT2D eigenvalue weighted by atomic mass is 10.0. The van der Waals surface area contributed by atoms with Gasteiger partial charge >= 0.3 is 0 Å². The zero-order valence-electron chi connectivity index (χ0n) is 18.1. The standard InChI is InChI=1S/C23H23FN4O5/c1-25-21(30)15-8-9-28-18-17(19(29)16(23(28)32)22(31)26-2)27-11-13(20(18)33-15)10-12-4-3-5-14(24)7-6-12/h3-4,6-7,11,15,29H,5,8-10H2,1-2H3,(H,25,30)(H,26,31). The number of allylic oxidation sites excluding steroid dienone is 6. The highest BCUT2D eigenvalue weighted by molar-refractivity contribution is 6.02. The van der Waals surface area contributed by atoms with Crippen LogP contribution in [0.1, 0.15) is 28.8 Å². The minimum absolute atomic E-state index is 0.0147. The number of aromatic nitrogens is 2. The van der Waals surface area contributed by atoms with Crippen molar-refractivity contribution in [2.75, 3.05) is 14.1 Å². The molecule has 0 saturated heterocycles. The lowest BCUT2D eigenvalue weighted by molar-refractivity contribution is -0.127. The Bertz CT molecular complexity index is 1310. The lowest BCUT2D eigenvalue weighted by Gasteiger charge is -2.18. The molecule has 1 aliphatic heterocycles. The van der Waals surface area contributed by atoms with E-state index in [1.807, 2.05) is 0 Å². The fraction of sp³-hybridized carbons (Fsp3) is 0.304. The van der Waals surface area contributed by atoms with Crippen molar-refractivity contribution in [2.24, 2.45) is 0 Å². The van der Waals surface area contributed by atoms with E-state index in [0.29, 0.717) is 5.56 Å². The molecule has 4 rings (SSSR count). The molecule has 0 aromatic carbocycles. The van der Waals surface area contributed by atoms with E-state index in [1.54, 1.807) is 18.2 Å². The van der Waals surface area contributed by atoms with Crippen LogP contribution in [0.3, 0.4) is 0 Å². The third-order valence-electron chi connectivity index (χ3n) is 5.66. The van der Waals surface area contributed by atoms with Gasteiger partial charge in [-0.1, -0.05) is 18.2 Å². The van der Waals surface area contributed by atoms with Crippen molar-refractivity contribution in [2.45, 2.75) is 31.9 Å². The average Bonchev–Trinajstić information content (AvgIpc) is 3.14. The Labute approximate surface area is 188 Å². The Morgan fingerprint density at radius 3 is 2.82 bits per heavy atom. The number of carbonyl (C=O) groups is 2. The molecule has 2 aromatic heterocycles. The predicted molar refractivity (Wildman–Crippen MR) is 119 cm³/mol.